The molecule has 0 bridgehead atoms. The molecule has 142 valence electrons. The molecule has 0 fully saturated rings. The monoisotopic (exact) mass is 410 g/mol. The number of benzene rings is 2. The molecule has 4 rings (SSSR count). The number of carbonyl (C=O) groups excluding carboxylic acids is 1. The van der Waals surface area contributed by atoms with Gasteiger partial charge >= 0.3 is 0 Å². The van der Waals surface area contributed by atoms with E-state index in [0.717, 1.165) is 27.1 Å². The van der Waals surface area contributed by atoms with E-state index < -0.39 is 0 Å². The highest BCUT2D eigenvalue weighted by Crippen LogP contribution is 2.27. The molecular formula is C19H18N6OS2. The number of hydrogen-bond donors (Lipinski definition) is 2. The van der Waals surface area contributed by atoms with Crippen LogP contribution in [0.15, 0.2) is 53.7 Å². The third-order valence-corrected chi connectivity index (χ3v) is 6.04. The Morgan fingerprint density at radius 2 is 2.04 bits per heavy atom. The SMILES string of the molecule is Cc1ccc2sc(NC(=O)Cn3c(N)nnc3SCc3ccccc3)nc2c1. The molecule has 28 heavy (non-hydrogen) atoms. The Bertz CT molecular complexity index is 1120. The number of nitrogens with zero attached hydrogens (tertiary/aromatic N) is 4. The van der Waals surface area contributed by atoms with Crippen molar-refractivity contribution in [2.24, 2.45) is 0 Å². The predicted molar refractivity (Wildman–Crippen MR) is 113 cm³/mol. The zero-order chi connectivity index (χ0) is 19.5. The van der Waals surface area contributed by atoms with Crippen LogP contribution in [-0.2, 0) is 17.1 Å². The molecule has 0 radical (unpaired) electrons. The highest BCUT2D eigenvalue weighted by molar-refractivity contribution is 7.98. The number of nitrogens with two attached hydrogens (primary N) is 1. The molecule has 2 heterocycles. The summed E-state index contributed by atoms with van der Waals surface area (Å²) in [5, 5.41) is 12.0. The summed E-state index contributed by atoms with van der Waals surface area (Å²) < 4.78 is 2.64. The number of thiazole rings is 1. The van der Waals surface area contributed by atoms with Gasteiger partial charge in [-0.25, -0.2) is 4.98 Å². The zero-order valence-electron chi connectivity index (χ0n) is 15.1. The van der Waals surface area contributed by atoms with Gasteiger partial charge in [0.25, 0.3) is 0 Å². The number of hydrogen-bond acceptors (Lipinski definition) is 7. The van der Waals surface area contributed by atoms with Crippen LogP contribution in [0.2, 0.25) is 0 Å². The number of thioether (sulfide) groups is 1. The highest BCUT2D eigenvalue weighted by atomic mass is 32.2. The van der Waals surface area contributed by atoms with Crippen LogP contribution in [0.25, 0.3) is 10.2 Å². The summed E-state index contributed by atoms with van der Waals surface area (Å²) in [7, 11) is 0. The van der Waals surface area contributed by atoms with Gasteiger partial charge in [0.05, 0.1) is 10.2 Å². The Morgan fingerprint density at radius 1 is 1.21 bits per heavy atom. The first-order valence-electron chi connectivity index (χ1n) is 8.61. The van der Waals surface area contributed by atoms with Gasteiger partial charge in [0, 0.05) is 5.75 Å². The summed E-state index contributed by atoms with van der Waals surface area (Å²) in [6.07, 6.45) is 0. The van der Waals surface area contributed by atoms with Crippen molar-refractivity contribution in [1.82, 2.24) is 19.7 Å². The Hall–Kier alpha value is -2.91. The van der Waals surface area contributed by atoms with Crippen LogP contribution < -0.4 is 11.1 Å². The van der Waals surface area contributed by atoms with Crippen LogP contribution in [0.3, 0.4) is 0 Å². The number of rotatable bonds is 6. The second kappa shape index (κ2) is 7.99. The summed E-state index contributed by atoms with van der Waals surface area (Å²) in [6, 6.07) is 16.1. The maximum absolute atomic E-state index is 12.5. The molecule has 3 N–H and O–H groups in total. The van der Waals surface area contributed by atoms with E-state index in [2.05, 4.69) is 20.5 Å². The molecule has 1 amide bonds. The van der Waals surface area contributed by atoms with E-state index >= 15 is 0 Å². The molecule has 0 aliphatic carbocycles. The van der Waals surface area contributed by atoms with Crippen LogP contribution in [0.4, 0.5) is 11.1 Å². The van der Waals surface area contributed by atoms with E-state index in [4.69, 9.17) is 5.73 Å². The smallest absolute Gasteiger partial charge is 0.246 e. The zero-order valence-corrected chi connectivity index (χ0v) is 16.8. The van der Waals surface area contributed by atoms with Gasteiger partial charge in [-0.3, -0.25) is 9.36 Å². The lowest BCUT2D eigenvalue weighted by atomic mass is 10.2. The molecule has 0 aliphatic rings. The highest BCUT2D eigenvalue weighted by Gasteiger charge is 2.15. The fraction of sp³-hybridized carbons (Fsp3) is 0.158. The Labute approximate surface area is 170 Å². The summed E-state index contributed by atoms with van der Waals surface area (Å²) in [6.45, 7) is 2.05. The number of nitrogen functional groups attached to an aromatic ring is 1. The maximum atomic E-state index is 12.5. The number of aryl methyl sites for hydroxylation is 1. The van der Waals surface area contributed by atoms with Gasteiger partial charge in [-0.05, 0) is 30.2 Å². The van der Waals surface area contributed by atoms with Gasteiger partial charge in [0.15, 0.2) is 10.3 Å². The minimum Gasteiger partial charge on any atom is -0.368 e. The first kappa shape index (κ1) is 18.5. The van der Waals surface area contributed by atoms with E-state index in [1.165, 1.54) is 23.1 Å². The summed E-state index contributed by atoms with van der Waals surface area (Å²) in [4.78, 5) is 17.0. The Kier molecular flexibility index (Phi) is 5.27. The van der Waals surface area contributed by atoms with Gasteiger partial charge in [-0.2, -0.15) is 0 Å². The molecule has 0 aliphatic heterocycles. The molecule has 0 saturated heterocycles. The van der Waals surface area contributed by atoms with Crippen molar-refractivity contribution in [3.63, 3.8) is 0 Å². The van der Waals surface area contributed by atoms with E-state index in [1.54, 1.807) is 4.57 Å². The lowest BCUT2D eigenvalue weighted by molar-refractivity contribution is -0.116. The normalized spacial score (nSPS) is 11.0. The van der Waals surface area contributed by atoms with Crippen LogP contribution in [0.5, 0.6) is 0 Å². The van der Waals surface area contributed by atoms with Crippen LogP contribution >= 0.6 is 23.1 Å². The molecule has 2 aromatic carbocycles. The molecular weight excluding hydrogens is 392 g/mol. The molecule has 0 atom stereocenters. The van der Waals surface area contributed by atoms with E-state index in [9.17, 15) is 4.79 Å². The third-order valence-electron chi connectivity index (χ3n) is 4.05. The minimum absolute atomic E-state index is 0.0326. The van der Waals surface area contributed by atoms with Gasteiger partial charge in [0.1, 0.15) is 6.54 Å². The van der Waals surface area contributed by atoms with Crippen molar-refractivity contribution >= 4 is 50.3 Å². The number of anilines is 2. The first-order valence-corrected chi connectivity index (χ1v) is 10.4. The average Bonchev–Trinajstić information content (AvgIpc) is 3.23. The quantitative estimate of drug-likeness (QED) is 0.470. The van der Waals surface area contributed by atoms with Crippen LogP contribution in [0.1, 0.15) is 11.1 Å². The lowest BCUT2D eigenvalue weighted by Crippen LogP contribution is -2.20. The number of amides is 1. The molecule has 9 heteroatoms. The fourth-order valence-electron chi connectivity index (χ4n) is 2.67. The number of nitrogens with one attached hydrogen (secondary N) is 1. The standard InChI is InChI=1S/C19H18N6OS2/c1-12-7-8-15-14(9-12)21-18(28-15)22-16(26)10-25-17(20)23-24-19(25)27-11-13-5-3-2-4-6-13/h2-9H,10-11H2,1H3,(H2,20,23)(H,21,22,26). The largest absolute Gasteiger partial charge is 0.368 e. The number of fused-ring (bicyclic) bond motifs is 1. The molecule has 4 aromatic rings. The van der Waals surface area contributed by atoms with Crippen molar-refractivity contribution in [3.8, 4) is 0 Å². The first-order chi connectivity index (χ1) is 13.6. The van der Waals surface area contributed by atoms with E-state index in [0.29, 0.717) is 10.3 Å². The topological polar surface area (TPSA) is 98.7 Å². The summed E-state index contributed by atoms with van der Waals surface area (Å²) in [5.41, 5.74) is 9.09. The fourth-order valence-corrected chi connectivity index (χ4v) is 4.43. The second-order valence-corrected chi connectivity index (χ2v) is 8.21. The van der Waals surface area contributed by atoms with Crippen molar-refractivity contribution in [2.45, 2.75) is 24.4 Å². The van der Waals surface area contributed by atoms with Crippen LogP contribution in [-0.4, -0.2) is 25.7 Å². The maximum Gasteiger partial charge on any atom is 0.246 e. The molecule has 0 saturated carbocycles. The van der Waals surface area contributed by atoms with Crippen molar-refractivity contribution in [1.29, 1.82) is 0 Å². The lowest BCUT2D eigenvalue weighted by Gasteiger charge is -2.07. The van der Waals surface area contributed by atoms with Gasteiger partial charge < -0.3 is 11.1 Å². The van der Waals surface area contributed by atoms with E-state index in [-0.39, 0.29) is 18.4 Å². The number of carbonyl (C=O) groups is 1. The van der Waals surface area contributed by atoms with Crippen LogP contribution in [0, 0.1) is 6.92 Å². The minimum atomic E-state index is -0.219. The second-order valence-electron chi connectivity index (χ2n) is 6.24. The van der Waals surface area contributed by atoms with E-state index in [1.807, 2.05) is 55.5 Å². The average molecular weight is 411 g/mol. The van der Waals surface area contributed by atoms with Gasteiger partial charge in [0.2, 0.25) is 11.9 Å². The van der Waals surface area contributed by atoms with Crippen molar-refractivity contribution < 1.29 is 4.79 Å². The Morgan fingerprint density at radius 3 is 2.86 bits per heavy atom. The predicted octanol–water partition coefficient (Wildman–Crippen LogP) is 3.71. The Balaban J connectivity index is 1.44. The molecule has 2 aromatic heterocycles. The molecule has 0 unspecified atom stereocenters. The van der Waals surface area contributed by atoms with Crippen molar-refractivity contribution in [2.75, 3.05) is 11.1 Å². The summed E-state index contributed by atoms with van der Waals surface area (Å²) >= 11 is 2.93. The number of aromatic nitrogens is 4. The third kappa shape index (κ3) is 4.15. The molecule has 7 nitrogen and oxygen atoms in total. The van der Waals surface area contributed by atoms with Crippen molar-refractivity contribution in [3.05, 3.63) is 59.7 Å². The van der Waals surface area contributed by atoms with Gasteiger partial charge in [-0.1, -0.05) is 59.5 Å². The summed E-state index contributed by atoms with van der Waals surface area (Å²) in [5.74, 6) is 0.715. The molecule has 0 spiro atoms. The van der Waals surface area contributed by atoms with Gasteiger partial charge in [-0.15, -0.1) is 10.2 Å².